The first-order chi connectivity index (χ1) is 13.7. The number of amides is 1. The number of sulfone groups is 1. The Morgan fingerprint density at radius 1 is 1.17 bits per heavy atom. The number of nitrogens with one attached hydrogen (secondary N) is 1. The van der Waals surface area contributed by atoms with E-state index in [1.54, 1.807) is 18.2 Å². The number of hydrogen-bond donors (Lipinski definition) is 1. The zero-order chi connectivity index (χ0) is 21.2. The van der Waals surface area contributed by atoms with Gasteiger partial charge in [0.25, 0.3) is 5.56 Å². The van der Waals surface area contributed by atoms with Gasteiger partial charge in [-0.1, -0.05) is 24.3 Å². The largest absolute Gasteiger partial charge is 0.350 e. The lowest BCUT2D eigenvalue weighted by atomic mass is 10.1. The molecule has 0 spiro atoms. The van der Waals surface area contributed by atoms with Crippen molar-refractivity contribution in [3.8, 4) is 0 Å². The number of benzene rings is 2. The van der Waals surface area contributed by atoms with Crippen molar-refractivity contribution in [1.82, 2.24) is 14.9 Å². The van der Waals surface area contributed by atoms with Crippen LogP contribution in [0.5, 0.6) is 0 Å². The summed E-state index contributed by atoms with van der Waals surface area (Å²) in [5.74, 6) is -0.207. The quantitative estimate of drug-likeness (QED) is 0.669. The highest BCUT2D eigenvalue weighted by molar-refractivity contribution is 7.90. The van der Waals surface area contributed by atoms with Gasteiger partial charge >= 0.3 is 0 Å². The van der Waals surface area contributed by atoms with Gasteiger partial charge in [-0.25, -0.2) is 13.4 Å². The summed E-state index contributed by atoms with van der Waals surface area (Å²) < 4.78 is 24.5. The molecule has 0 aliphatic heterocycles. The molecule has 29 heavy (non-hydrogen) atoms. The molecule has 1 heterocycles. The molecule has 1 amide bonds. The normalized spacial score (nSPS) is 12.7. The first-order valence-electron chi connectivity index (χ1n) is 9.21. The second-order valence-electron chi connectivity index (χ2n) is 7.09. The van der Waals surface area contributed by atoms with Gasteiger partial charge in [0, 0.05) is 19.2 Å². The van der Waals surface area contributed by atoms with E-state index in [0.29, 0.717) is 10.9 Å². The Labute approximate surface area is 169 Å². The van der Waals surface area contributed by atoms with Crippen LogP contribution in [0.2, 0.25) is 0 Å². The fraction of sp³-hybridized carbons (Fsp3) is 0.286. The SMILES string of the molecule is Cc1cccc2c(=O)n(CCC(=O)NC(C)c3ccc(S(C)(=O)=O)cc3)cnc12. The zero-order valence-corrected chi connectivity index (χ0v) is 17.4. The van der Waals surface area contributed by atoms with E-state index in [-0.39, 0.29) is 35.4 Å². The molecule has 1 atom stereocenters. The third-order valence-electron chi connectivity index (χ3n) is 4.82. The Morgan fingerprint density at radius 3 is 2.52 bits per heavy atom. The summed E-state index contributed by atoms with van der Waals surface area (Å²) in [7, 11) is -3.26. The van der Waals surface area contributed by atoms with Crippen molar-refractivity contribution in [2.75, 3.05) is 6.26 Å². The number of rotatable bonds is 6. The van der Waals surface area contributed by atoms with Crippen LogP contribution in [0, 0.1) is 6.92 Å². The van der Waals surface area contributed by atoms with Gasteiger partial charge in [-0.3, -0.25) is 14.2 Å². The number of aromatic nitrogens is 2. The number of hydrogen-bond acceptors (Lipinski definition) is 5. The van der Waals surface area contributed by atoms with E-state index in [9.17, 15) is 18.0 Å². The van der Waals surface area contributed by atoms with E-state index in [1.165, 1.54) is 23.0 Å². The molecule has 0 aliphatic rings. The Hall–Kier alpha value is -3.00. The maximum atomic E-state index is 12.6. The molecule has 1 N–H and O–H groups in total. The van der Waals surface area contributed by atoms with E-state index in [1.807, 2.05) is 26.0 Å². The summed E-state index contributed by atoms with van der Waals surface area (Å²) in [6.45, 7) is 3.94. The van der Waals surface area contributed by atoms with Crippen molar-refractivity contribution in [2.45, 2.75) is 37.8 Å². The van der Waals surface area contributed by atoms with Gasteiger partial charge in [-0.15, -0.1) is 0 Å². The zero-order valence-electron chi connectivity index (χ0n) is 16.5. The molecule has 3 rings (SSSR count). The molecule has 152 valence electrons. The number of aryl methyl sites for hydroxylation is 2. The topological polar surface area (TPSA) is 98.1 Å². The molecule has 7 nitrogen and oxygen atoms in total. The molecule has 0 aliphatic carbocycles. The minimum Gasteiger partial charge on any atom is -0.350 e. The molecule has 3 aromatic rings. The predicted octanol–water partition coefficient (Wildman–Crippen LogP) is 2.38. The molecule has 0 saturated carbocycles. The number of carbonyl (C=O) groups excluding carboxylic acids is 1. The number of carbonyl (C=O) groups is 1. The summed E-state index contributed by atoms with van der Waals surface area (Å²) in [4.78, 5) is 29.5. The summed E-state index contributed by atoms with van der Waals surface area (Å²) in [5.41, 5.74) is 2.23. The van der Waals surface area contributed by atoms with Crippen LogP contribution in [-0.2, 0) is 21.2 Å². The van der Waals surface area contributed by atoms with Crippen LogP contribution in [0.15, 0.2) is 58.5 Å². The lowest BCUT2D eigenvalue weighted by molar-refractivity contribution is -0.121. The van der Waals surface area contributed by atoms with E-state index in [2.05, 4.69) is 10.3 Å². The van der Waals surface area contributed by atoms with Crippen LogP contribution < -0.4 is 10.9 Å². The summed E-state index contributed by atoms with van der Waals surface area (Å²) in [5, 5.41) is 3.40. The number of fused-ring (bicyclic) bond motifs is 1. The molecule has 8 heteroatoms. The van der Waals surface area contributed by atoms with Gasteiger partial charge in [0.05, 0.1) is 28.2 Å². The molecule has 1 unspecified atom stereocenters. The number of para-hydroxylation sites is 1. The number of nitrogens with zero attached hydrogens (tertiary/aromatic N) is 2. The monoisotopic (exact) mass is 413 g/mol. The Balaban J connectivity index is 1.65. The Kier molecular flexibility index (Phi) is 5.83. The van der Waals surface area contributed by atoms with Crippen LogP contribution in [0.25, 0.3) is 10.9 Å². The first-order valence-corrected chi connectivity index (χ1v) is 11.1. The van der Waals surface area contributed by atoms with E-state index >= 15 is 0 Å². The van der Waals surface area contributed by atoms with E-state index < -0.39 is 9.84 Å². The van der Waals surface area contributed by atoms with Crippen LogP contribution in [0.4, 0.5) is 0 Å². The van der Waals surface area contributed by atoms with Gasteiger partial charge in [0.1, 0.15) is 0 Å². The van der Waals surface area contributed by atoms with Gasteiger partial charge in [0.2, 0.25) is 5.91 Å². The molecule has 0 saturated heterocycles. The maximum absolute atomic E-state index is 12.6. The van der Waals surface area contributed by atoms with Crippen LogP contribution in [-0.4, -0.2) is 30.1 Å². The fourth-order valence-corrected chi connectivity index (χ4v) is 3.75. The highest BCUT2D eigenvalue weighted by Crippen LogP contribution is 2.16. The molecule has 0 radical (unpaired) electrons. The fourth-order valence-electron chi connectivity index (χ4n) is 3.12. The van der Waals surface area contributed by atoms with Crippen molar-refractivity contribution in [1.29, 1.82) is 0 Å². The van der Waals surface area contributed by atoms with Crippen molar-refractivity contribution in [2.24, 2.45) is 0 Å². The van der Waals surface area contributed by atoms with Gasteiger partial charge < -0.3 is 5.32 Å². The third kappa shape index (κ3) is 4.71. The Morgan fingerprint density at radius 2 is 1.86 bits per heavy atom. The molecular formula is C21H23N3O4S. The minimum absolute atomic E-state index is 0.130. The first kappa shape index (κ1) is 20.7. The van der Waals surface area contributed by atoms with Crippen molar-refractivity contribution in [3.63, 3.8) is 0 Å². The van der Waals surface area contributed by atoms with E-state index in [0.717, 1.165) is 17.4 Å². The summed E-state index contributed by atoms with van der Waals surface area (Å²) in [6, 6.07) is 11.6. The maximum Gasteiger partial charge on any atom is 0.261 e. The van der Waals surface area contributed by atoms with Gasteiger partial charge in [0.15, 0.2) is 9.84 Å². The molecular weight excluding hydrogens is 390 g/mol. The molecule has 0 fully saturated rings. The summed E-state index contributed by atoms with van der Waals surface area (Å²) in [6.07, 6.45) is 2.75. The molecule has 1 aromatic heterocycles. The average molecular weight is 413 g/mol. The average Bonchev–Trinajstić information content (AvgIpc) is 2.67. The summed E-state index contributed by atoms with van der Waals surface area (Å²) >= 11 is 0. The lowest BCUT2D eigenvalue weighted by Crippen LogP contribution is -2.29. The highest BCUT2D eigenvalue weighted by atomic mass is 32.2. The highest BCUT2D eigenvalue weighted by Gasteiger charge is 2.13. The van der Waals surface area contributed by atoms with Crippen LogP contribution in [0.1, 0.15) is 30.5 Å². The smallest absolute Gasteiger partial charge is 0.261 e. The van der Waals surface area contributed by atoms with E-state index in [4.69, 9.17) is 0 Å². The second kappa shape index (κ2) is 8.16. The Bertz CT molecular complexity index is 1210. The van der Waals surface area contributed by atoms with Gasteiger partial charge in [-0.05, 0) is 43.2 Å². The minimum atomic E-state index is -3.26. The third-order valence-corrected chi connectivity index (χ3v) is 5.95. The van der Waals surface area contributed by atoms with Crippen molar-refractivity contribution >= 4 is 26.6 Å². The standard InChI is InChI=1S/C21H23N3O4S/c1-14-5-4-6-18-20(14)22-13-24(21(18)26)12-11-19(25)23-15(2)16-7-9-17(10-8-16)29(3,27)28/h4-10,13,15H,11-12H2,1-3H3,(H,23,25). The second-order valence-corrected chi connectivity index (χ2v) is 9.11. The lowest BCUT2D eigenvalue weighted by Gasteiger charge is -2.15. The van der Waals surface area contributed by atoms with Gasteiger partial charge in [-0.2, -0.15) is 0 Å². The van der Waals surface area contributed by atoms with Crippen molar-refractivity contribution < 1.29 is 13.2 Å². The molecule has 2 aromatic carbocycles. The van der Waals surface area contributed by atoms with Crippen LogP contribution in [0.3, 0.4) is 0 Å². The van der Waals surface area contributed by atoms with Crippen molar-refractivity contribution in [3.05, 3.63) is 70.3 Å². The predicted molar refractivity (Wildman–Crippen MR) is 111 cm³/mol. The van der Waals surface area contributed by atoms with Crippen LogP contribution >= 0.6 is 0 Å². The molecule has 0 bridgehead atoms.